The first kappa shape index (κ1) is 18.5. The minimum atomic E-state index is -0.242. The van der Waals surface area contributed by atoms with Crippen molar-refractivity contribution in [1.29, 1.82) is 0 Å². The summed E-state index contributed by atoms with van der Waals surface area (Å²) in [6, 6.07) is 11.6. The predicted molar refractivity (Wildman–Crippen MR) is 107 cm³/mol. The summed E-state index contributed by atoms with van der Waals surface area (Å²) in [6.07, 6.45) is 5.87. The predicted octanol–water partition coefficient (Wildman–Crippen LogP) is 3.42. The van der Waals surface area contributed by atoms with Crippen molar-refractivity contribution in [3.63, 3.8) is 0 Å². The van der Waals surface area contributed by atoms with Crippen LogP contribution < -0.4 is 10.2 Å². The van der Waals surface area contributed by atoms with E-state index >= 15 is 0 Å². The van der Waals surface area contributed by atoms with E-state index in [-0.39, 0.29) is 5.91 Å². The van der Waals surface area contributed by atoms with Crippen molar-refractivity contribution < 1.29 is 4.79 Å². The fourth-order valence-electron chi connectivity index (χ4n) is 2.78. The second kappa shape index (κ2) is 8.40. The van der Waals surface area contributed by atoms with Crippen molar-refractivity contribution in [2.24, 2.45) is 0 Å². The molecule has 0 saturated carbocycles. The molecular weight excluding hydrogens is 338 g/mol. The molecule has 6 nitrogen and oxygen atoms in total. The summed E-state index contributed by atoms with van der Waals surface area (Å²) in [5, 5.41) is 2.92. The molecule has 1 amide bonds. The summed E-state index contributed by atoms with van der Waals surface area (Å²) in [5.41, 5.74) is 4.52. The van der Waals surface area contributed by atoms with Crippen LogP contribution in [-0.2, 0) is 6.42 Å². The maximum Gasteiger partial charge on any atom is 0.274 e. The van der Waals surface area contributed by atoms with Gasteiger partial charge in [-0.2, -0.15) is 0 Å². The molecule has 0 spiro atoms. The number of pyridine rings is 1. The molecule has 0 aliphatic heterocycles. The third-order valence-corrected chi connectivity index (χ3v) is 4.39. The van der Waals surface area contributed by atoms with Crippen LogP contribution in [0.5, 0.6) is 0 Å². The first-order valence-corrected chi connectivity index (χ1v) is 8.83. The average Bonchev–Trinajstić information content (AvgIpc) is 2.69. The molecule has 0 radical (unpaired) electrons. The number of benzene rings is 1. The van der Waals surface area contributed by atoms with E-state index < -0.39 is 0 Å². The van der Waals surface area contributed by atoms with E-state index in [1.807, 2.05) is 56.1 Å². The van der Waals surface area contributed by atoms with Crippen LogP contribution in [0.1, 0.15) is 27.2 Å². The van der Waals surface area contributed by atoms with Gasteiger partial charge < -0.3 is 10.2 Å². The van der Waals surface area contributed by atoms with Crippen LogP contribution in [0.4, 0.5) is 11.5 Å². The number of nitrogens with zero attached hydrogens (tertiary/aromatic N) is 4. The van der Waals surface area contributed by atoms with Crippen LogP contribution in [0.2, 0.25) is 0 Å². The second-order valence-corrected chi connectivity index (χ2v) is 6.56. The van der Waals surface area contributed by atoms with Gasteiger partial charge in [-0.15, -0.1) is 0 Å². The van der Waals surface area contributed by atoms with Gasteiger partial charge in [-0.25, -0.2) is 9.97 Å². The molecule has 27 heavy (non-hydrogen) atoms. The van der Waals surface area contributed by atoms with Crippen LogP contribution >= 0.6 is 0 Å². The highest BCUT2D eigenvalue weighted by Gasteiger charge is 2.12. The van der Waals surface area contributed by atoms with E-state index in [1.165, 1.54) is 11.9 Å². The average molecular weight is 361 g/mol. The maximum atomic E-state index is 12.6. The first-order chi connectivity index (χ1) is 13.0. The molecule has 6 heteroatoms. The number of hydrogen-bond donors (Lipinski definition) is 1. The molecule has 0 atom stereocenters. The fourth-order valence-corrected chi connectivity index (χ4v) is 2.78. The Labute approximate surface area is 159 Å². The van der Waals surface area contributed by atoms with Crippen LogP contribution in [-0.4, -0.2) is 34.5 Å². The largest absolute Gasteiger partial charge is 0.359 e. The topological polar surface area (TPSA) is 71.0 Å². The molecule has 0 fully saturated rings. The third-order valence-electron chi connectivity index (χ3n) is 4.39. The van der Waals surface area contributed by atoms with E-state index in [1.54, 1.807) is 18.5 Å². The Hall–Kier alpha value is -3.28. The zero-order chi connectivity index (χ0) is 19.2. The molecule has 2 aromatic heterocycles. The fraction of sp³-hybridized carbons (Fsp3) is 0.238. The number of rotatable bonds is 6. The highest BCUT2D eigenvalue weighted by Crippen LogP contribution is 2.17. The summed E-state index contributed by atoms with van der Waals surface area (Å²) in [5.74, 6) is 0.470. The summed E-state index contributed by atoms with van der Waals surface area (Å²) >= 11 is 0. The third kappa shape index (κ3) is 4.88. The molecular formula is C21H23N5O. The summed E-state index contributed by atoms with van der Waals surface area (Å²) in [7, 11) is 1.95. The number of amides is 1. The van der Waals surface area contributed by atoms with Crippen LogP contribution in [0.15, 0.2) is 55.1 Å². The minimum Gasteiger partial charge on any atom is -0.359 e. The lowest BCUT2D eigenvalue weighted by Crippen LogP contribution is -2.23. The Balaban J connectivity index is 1.67. The zero-order valence-corrected chi connectivity index (χ0v) is 15.8. The zero-order valence-electron chi connectivity index (χ0n) is 15.8. The smallest absolute Gasteiger partial charge is 0.274 e. The van der Waals surface area contributed by atoms with Gasteiger partial charge in [-0.3, -0.25) is 9.78 Å². The van der Waals surface area contributed by atoms with Crippen molar-refractivity contribution in [1.82, 2.24) is 15.0 Å². The van der Waals surface area contributed by atoms with Crippen molar-refractivity contribution in [3.8, 4) is 0 Å². The number of nitrogens with one attached hydrogen (secondary N) is 1. The quantitative estimate of drug-likeness (QED) is 0.728. The van der Waals surface area contributed by atoms with Crippen molar-refractivity contribution >= 4 is 17.4 Å². The van der Waals surface area contributed by atoms with E-state index in [0.717, 1.165) is 29.8 Å². The molecule has 0 bridgehead atoms. The summed E-state index contributed by atoms with van der Waals surface area (Å²) < 4.78 is 0. The molecule has 0 unspecified atom stereocenters. The number of hydrogen-bond acceptors (Lipinski definition) is 5. The van der Waals surface area contributed by atoms with Gasteiger partial charge in [0.25, 0.3) is 5.91 Å². The normalized spacial score (nSPS) is 10.5. The Kier molecular flexibility index (Phi) is 5.76. The van der Waals surface area contributed by atoms with Crippen molar-refractivity contribution in [2.45, 2.75) is 20.3 Å². The van der Waals surface area contributed by atoms with Gasteiger partial charge in [0.15, 0.2) is 0 Å². The molecule has 0 aliphatic carbocycles. The van der Waals surface area contributed by atoms with E-state index in [0.29, 0.717) is 11.5 Å². The highest BCUT2D eigenvalue weighted by atomic mass is 16.1. The van der Waals surface area contributed by atoms with Gasteiger partial charge in [0.05, 0.1) is 0 Å². The van der Waals surface area contributed by atoms with Crippen LogP contribution in [0.3, 0.4) is 0 Å². The Morgan fingerprint density at radius 1 is 1.07 bits per heavy atom. The maximum absolute atomic E-state index is 12.6. The molecule has 3 aromatic rings. The van der Waals surface area contributed by atoms with Gasteiger partial charge in [0, 0.05) is 37.7 Å². The molecule has 138 valence electrons. The van der Waals surface area contributed by atoms with Gasteiger partial charge >= 0.3 is 0 Å². The second-order valence-electron chi connectivity index (χ2n) is 6.56. The molecule has 1 aromatic carbocycles. The molecule has 3 rings (SSSR count). The lowest BCUT2D eigenvalue weighted by atomic mass is 10.1. The van der Waals surface area contributed by atoms with Gasteiger partial charge in [0.1, 0.15) is 17.8 Å². The van der Waals surface area contributed by atoms with Crippen LogP contribution in [0.25, 0.3) is 0 Å². The summed E-state index contributed by atoms with van der Waals surface area (Å²) in [4.78, 5) is 27.0. The number of carbonyl (C=O) groups is 1. The summed E-state index contributed by atoms with van der Waals surface area (Å²) in [6.45, 7) is 4.77. The Morgan fingerprint density at radius 2 is 1.85 bits per heavy atom. The van der Waals surface area contributed by atoms with Crippen LogP contribution in [0, 0.1) is 13.8 Å². The minimum absolute atomic E-state index is 0.242. The number of likely N-dealkylation sites (N-methyl/N-ethyl adjacent to an activating group) is 1. The number of aromatic nitrogens is 3. The standard InChI is InChI=1S/C21H23N5O/c1-15-4-5-18(16(2)12-15)25-21(27)19-13-20(24-14-23-19)26(3)11-8-17-6-9-22-10-7-17/h4-7,9-10,12-14H,8,11H2,1-3H3,(H,25,27). The molecule has 2 heterocycles. The highest BCUT2D eigenvalue weighted by molar-refractivity contribution is 6.03. The lowest BCUT2D eigenvalue weighted by molar-refractivity contribution is 0.102. The lowest BCUT2D eigenvalue weighted by Gasteiger charge is -2.18. The van der Waals surface area contributed by atoms with E-state index in [4.69, 9.17) is 0 Å². The Morgan fingerprint density at radius 3 is 2.59 bits per heavy atom. The van der Waals surface area contributed by atoms with E-state index in [2.05, 4.69) is 20.3 Å². The molecule has 1 N–H and O–H groups in total. The van der Waals surface area contributed by atoms with Gasteiger partial charge in [-0.05, 0) is 49.6 Å². The monoisotopic (exact) mass is 361 g/mol. The van der Waals surface area contributed by atoms with Crippen molar-refractivity contribution in [3.05, 3.63) is 77.5 Å². The van der Waals surface area contributed by atoms with Gasteiger partial charge in [0.2, 0.25) is 0 Å². The van der Waals surface area contributed by atoms with Crippen molar-refractivity contribution in [2.75, 3.05) is 23.8 Å². The molecule has 0 saturated heterocycles. The molecule has 0 aliphatic rings. The number of carbonyl (C=O) groups excluding carboxylic acids is 1. The van der Waals surface area contributed by atoms with Gasteiger partial charge in [-0.1, -0.05) is 17.7 Å². The first-order valence-electron chi connectivity index (χ1n) is 8.83. The Bertz CT molecular complexity index is 927. The SMILES string of the molecule is Cc1ccc(NC(=O)c2cc(N(C)CCc3ccncc3)ncn2)c(C)c1. The number of aryl methyl sites for hydroxylation is 2. The number of anilines is 2. The van der Waals surface area contributed by atoms with E-state index in [9.17, 15) is 4.79 Å².